The van der Waals surface area contributed by atoms with E-state index in [1.54, 1.807) is 24.4 Å². The van der Waals surface area contributed by atoms with Crippen LogP contribution in [0.5, 0.6) is 0 Å². The summed E-state index contributed by atoms with van der Waals surface area (Å²) in [5.41, 5.74) is 6.44. The fourth-order valence-electron chi connectivity index (χ4n) is 8.29. The Morgan fingerprint density at radius 1 is 0.730 bits per heavy atom. The van der Waals surface area contributed by atoms with Crippen LogP contribution in [0, 0.1) is 29.6 Å². The highest BCUT2D eigenvalue weighted by Gasteiger charge is 2.50. The number of methoxy groups -OCH3 is 2. The molecule has 332 valence electrons. The number of imidazole rings is 2. The highest BCUT2D eigenvalue weighted by atomic mass is 16.5. The zero-order chi connectivity index (χ0) is 44.8. The molecule has 2 aromatic heterocycles. The topological polar surface area (TPSA) is 175 Å². The van der Waals surface area contributed by atoms with E-state index in [1.165, 1.54) is 7.11 Å². The molecule has 2 fully saturated rings. The van der Waals surface area contributed by atoms with Gasteiger partial charge in [-0.15, -0.1) is 0 Å². The number of carbonyl (C=O) groups excluding carboxylic acids is 4. The molecule has 4 N–H and O–H groups in total. The van der Waals surface area contributed by atoms with E-state index in [0.29, 0.717) is 43.2 Å². The second kappa shape index (κ2) is 19.8. The molecule has 14 nitrogen and oxygen atoms in total. The van der Waals surface area contributed by atoms with E-state index in [9.17, 15) is 19.2 Å². The van der Waals surface area contributed by atoms with E-state index in [1.807, 2.05) is 68.1 Å². The number of nitrogens with zero attached hydrogens (tertiary/aromatic N) is 4. The smallest absolute Gasteiger partial charge is 0.407 e. The molecule has 6 atom stereocenters. The minimum atomic E-state index is -0.763. The molecule has 3 aromatic carbocycles. The molecule has 5 aromatic rings. The van der Waals surface area contributed by atoms with Crippen molar-refractivity contribution in [1.29, 1.82) is 0 Å². The number of carbonyl (C=O) groups is 4. The van der Waals surface area contributed by atoms with Crippen molar-refractivity contribution in [3.63, 3.8) is 0 Å². The normalized spacial score (nSPS) is 18.3. The van der Waals surface area contributed by atoms with Crippen LogP contribution in [0.4, 0.5) is 4.79 Å². The molecule has 0 spiro atoms. The van der Waals surface area contributed by atoms with Crippen LogP contribution < -0.4 is 10.6 Å². The van der Waals surface area contributed by atoms with Crippen molar-refractivity contribution < 1.29 is 28.7 Å². The zero-order valence-electron chi connectivity index (χ0n) is 37.3. The van der Waals surface area contributed by atoms with Crippen LogP contribution >= 0.6 is 0 Å². The fraction of sp³-hybridized carbons (Fsp3) is 0.429. The summed E-state index contributed by atoms with van der Waals surface area (Å²) in [5, 5.41) is 5.76. The predicted octanol–water partition coefficient (Wildman–Crippen LogP) is 7.38. The maximum atomic E-state index is 14.4. The minimum absolute atomic E-state index is 0.0153. The van der Waals surface area contributed by atoms with Crippen molar-refractivity contribution in [3.05, 3.63) is 108 Å². The third-order valence-corrected chi connectivity index (χ3v) is 12.4. The molecular weight excluding hydrogens is 797 g/mol. The number of rotatable bonds is 19. The number of hydrogen-bond acceptors (Lipinski definition) is 8. The second-order valence-corrected chi connectivity index (χ2v) is 17.6. The van der Waals surface area contributed by atoms with Crippen molar-refractivity contribution in [1.82, 2.24) is 40.4 Å². The molecule has 0 unspecified atom stereocenters. The van der Waals surface area contributed by atoms with Crippen molar-refractivity contribution in [2.24, 2.45) is 29.6 Å². The van der Waals surface area contributed by atoms with Gasteiger partial charge in [-0.2, -0.15) is 0 Å². The molecule has 2 saturated carbocycles. The maximum absolute atomic E-state index is 14.4. The van der Waals surface area contributed by atoms with Crippen LogP contribution in [0.25, 0.3) is 33.6 Å². The average Bonchev–Trinajstić information content (AvgIpc) is 4.10. The summed E-state index contributed by atoms with van der Waals surface area (Å²) >= 11 is 0. The highest BCUT2D eigenvalue weighted by Crippen LogP contribution is 2.44. The molecule has 0 aliphatic heterocycles. The standard InChI is InChI=1S/C49H60N8O6/c1-29(2)43(55-49(61)63-7)47(59)56(25-30(3)28-62-6)26-41-50-23-39(52-41)35-17-13-33(14-18-35)34-15-19-36(20-16-34)40-24-51-42(53-40)27-57(45-31(4)32(45)5)48(60)44(37-11-9-8-10-12-37)54-46(58)38-21-22-38/h8-20,23-24,29-32,38,43-45H,21-22,25-28H2,1-7H3,(H,50,52)(H,51,53)(H,54,58)(H,55,61)/t30-,31-,32+,43-,44+,45-/m0/s1. The summed E-state index contributed by atoms with van der Waals surface area (Å²) in [7, 11) is 2.91. The third kappa shape index (κ3) is 10.9. The SMILES string of the molecule is COC[C@@H](C)CN(Cc1ncc(-c2ccc(-c3ccc(-c4cnc(CN(C(=O)[C@H](NC(=O)C5CC5)c5ccccc5)[C@@H]5[C@H](C)[C@@H]5C)[nH]4)cc3)cc2)[nH]1)C(=O)[C@@H](NC(=O)OC)C(C)C. The molecule has 2 aliphatic carbocycles. The van der Waals surface area contributed by atoms with Gasteiger partial charge in [-0.05, 0) is 64.3 Å². The number of aromatic amines is 2. The molecule has 7 rings (SSSR count). The molecule has 63 heavy (non-hydrogen) atoms. The molecule has 0 radical (unpaired) electrons. The predicted molar refractivity (Wildman–Crippen MR) is 240 cm³/mol. The molecular formula is C49H60N8O6. The van der Waals surface area contributed by atoms with Gasteiger partial charge in [0.15, 0.2) is 0 Å². The Balaban J connectivity index is 1.01. The third-order valence-electron chi connectivity index (χ3n) is 12.4. The molecule has 4 amide bonds. The number of amides is 4. The lowest BCUT2D eigenvalue weighted by Gasteiger charge is -2.30. The van der Waals surface area contributed by atoms with Gasteiger partial charge >= 0.3 is 6.09 Å². The van der Waals surface area contributed by atoms with E-state index in [2.05, 4.69) is 75.8 Å². The van der Waals surface area contributed by atoms with Gasteiger partial charge in [-0.1, -0.05) is 113 Å². The first kappa shape index (κ1) is 44.8. The van der Waals surface area contributed by atoms with Gasteiger partial charge in [0, 0.05) is 25.6 Å². The van der Waals surface area contributed by atoms with Crippen molar-refractivity contribution in [2.45, 2.75) is 78.7 Å². The number of ether oxygens (including phenoxy) is 2. The summed E-state index contributed by atoms with van der Waals surface area (Å²) in [6, 6.07) is 24.5. The Morgan fingerprint density at radius 2 is 1.27 bits per heavy atom. The number of nitrogens with one attached hydrogen (secondary N) is 4. The number of H-pyrrole nitrogens is 2. The summed E-state index contributed by atoms with van der Waals surface area (Å²) in [6.45, 7) is 11.5. The molecule has 2 aliphatic rings. The molecule has 0 saturated heterocycles. The van der Waals surface area contributed by atoms with Crippen LogP contribution in [0.2, 0.25) is 0 Å². The summed E-state index contributed by atoms with van der Waals surface area (Å²) < 4.78 is 10.1. The van der Waals surface area contributed by atoms with Gasteiger partial charge in [-0.25, -0.2) is 14.8 Å². The average molecular weight is 857 g/mol. The van der Waals surface area contributed by atoms with Crippen molar-refractivity contribution >= 4 is 23.8 Å². The first-order valence-corrected chi connectivity index (χ1v) is 21.9. The van der Waals surface area contributed by atoms with Gasteiger partial charge in [0.05, 0.1) is 50.6 Å². The largest absolute Gasteiger partial charge is 0.453 e. The first-order chi connectivity index (χ1) is 30.3. The Bertz CT molecular complexity index is 2330. The van der Waals surface area contributed by atoms with Crippen LogP contribution in [0.3, 0.4) is 0 Å². The van der Waals surface area contributed by atoms with Crippen molar-refractivity contribution in [2.75, 3.05) is 27.4 Å². The summed E-state index contributed by atoms with van der Waals surface area (Å²) in [6.07, 6.45) is 4.64. The highest BCUT2D eigenvalue weighted by molar-refractivity contribution is 5.90. The van der Waals surface area contributed by atoms with Crippen LogP contribution in [0.1, 0.15) is 70.7 Å². The number of benzene rings is 3. The fourth-order valence-corrected chi connectivity index (χ4v) is 8.29. The lowest BCUT2D eigenvalue weighted by Crippen LogP contribution is -2.52. The molecule has 2 heterocycles. The van der Waals surface area contributed by atoms with E-state index in [-0.39, 0.29) is 48.1 Å². The molecule has 0 bridgehead atoms. The number of alkyl carbamates (subject to hydrolysis) is 1. The Hall–Kier alpha value is -6.28. The summed E-state index contributed by atoms with van der Waals surface area (Å²) in [5.74, 6) is 1.46. The minimum Gasteiger partial charge on any atom is -0.453 e. The van der Waals surface area contributed by atoms with Gasteiger partial charge in [0.1, 0.15) is 23.7 Å². The Kier molecular flexibility index (Phi) is 14.1. The quantitative estimate of drug-likeness (QED) is 0.0666. The van der Waals surface area contributed by atoms with Crippen LogP contribution in [-0.2, 0) is 36.9 Å². The van der Waals surface area contributed by atoms with E-state index in [0.717, 1.165) is 52.0 Å². The molecule has 14 heteroatoms. The number of aromatic nitrogens is 4. The van der Waals surface area contributed by atoms with Crippen LogP contribution in [0.15, 0.2) is 91.3 Å². The number of hydrogen-bond donors (Lipinski definition) is 4. The first-order valence-electron chi connectivity index (χ1n) is 21.9. The van der Waals surface area contributed by atoms with E-state index in [4.69, 9.17) is 14.5 Å². The van der Waals surface area contributed by atoms with Gasteiger partial charge in [0.25, 0.3) is 0 Å². The zero-order valence-corrected chi connectivity index (χ0v) is 37.3. The van der Waals surface area contributed by atoms with E-state index < -0.39 is 18.2 Å². The van der Waals surface area contributed by atoms with Crippen LogP contribution in [-0.4, -0.2) is 93.0 Å². The second-order valence-electron chi connectivity index (χ2n) is 17.6. The summed E-state index contributed by atoms with van der Waals surface area (Å²) in [4.78, 5) is 73.0. The lowest BCUT2D eigenvalue weighted by molar-refractivity contribution is -0.138. The van der Waals surface area contributed by atoms with Crippen molar-refractivity contribution in [3.8, 4) is 33.6 Å². The van der Waals surface area contributed by atoms with Gasteiger partial charge in [0.2, 0.25) is 17.7 Å². The van der Waals surface area contributed by atoms with Gasteiger partial charge in [-0.3, -0.25) is 14.4 Å². The van der Waals surface area contributed by atoms with E-state index >= 15 is 0 Å². The maximum Gasteiger partial charge on any atom is 0.407 e. The Labute approximate surface area is 369 Å². The lowest BCUT2D eigenvalue weighted by atomic mass is 10.0. The van der Waals surface area contributed by atoms with Gasteiger partial charge < -0.3 is 39.9 Å². The monoisotopic (exact) mass is 856 g/mol. The Morgan fingerprint density at radius 3 is 1.76 bits per heavy atom.